The number of ether oxygens (including phenoxy) is 2. The molecular formula is C16H13F17O4. The topological polar surface area (TPSA) is 52.6 Å². The molecule has 0 aliphatic carbocycles. The summed E-state index contributed by atoms with van der Waals surface area (Å²) < 4.78 is 229. The molecule has 21 heteroatoms. The van der Waals surface area contributed by atoms with Crippen molar-refractivity contribution in [1.29, 1.82) is 0 Å². The zero-order valence-corrected chi connectivity index (χ0v) is 17.6. The molecule has 0 N–H and O–H groups in total. The van der Waals surface area contributed by atoms with Gasteiger partial charge in [0.25, 0.3) is 0 Å². The van der Waals surface area contributed by atoms with Crippen LogP contribution in [0, 0.1) is 0 Å². The molecule has 0 aliphatic rings. The number of alkyl halides is 17. The third-order valence-electron chi connectivity index (χ3n) is 4.25. The number of halogens is 17. The van der Waals surface area contributed by atoms with Gasteiger partial charge < -0.3 is 9.47 Å². The Bertz CT molecular complexity index is 819. The minimum absolute atomic E-state index is 0.125. The first-order chi connectivity index (χ1) is 16.1. The molecule has 0 heterocycles. The van der Waals surface area contributed by atoms with Crippen molar-refractivity contribution in [2.24, 2.45) is 0 Å². The maximum atomic E-state index is 13.6. The Hall–Kier alpha value is -2.25. The van der Waals surface area contributed by atoms with E-state index in [1.165, 1.54) is 6.92 Å². The smallest absolute Gasteiger partial charge is 0.466 e. The van der Waals surface area contributed by atoms with E-state index in [2.05, 4.69) is 9.47 Å². The van der Waals surface area contributed by atoms with Crippen molar-refractivity contribution in [2.75, 3.05) is 6.61 Å². The first kappa shape index (κ1) is 34.8. The quantitative estimate of drug-likeness (QED) is 0.137. The van der Waals surface area contributed by atoms with Crippen LogP contribution in [-0.4, -0.2) is 66.4 Å². The molecule has 4 nitrogen and oxygen atoms in total. The van der Waals surface area contributed by atoms with Crippen LogP contribution in [0.5, 0.6) is 0 Å². The van der Waals surface area contributed by atoms with Gasteiger partial charge in [-0.15, -0.1) is 0 Å². The van der Waals surface area contributed by atoms with E-state index >= 15 is 0 Å². The molecule has 0 saturated heterocycles. The summed E-state index contributed by atoms with van der Waals surface area (Å²) in [7, 11) is 0. The minimum atomic E-state index is -8.76. The highest BCUT2D eigenvalue weighted by atomic mass is 19.4. The largest absolute Gasteiger partial charge is 0.473 e. The SMILES string of the molecule is CCOC(=O)CCCCC(=O)OC(F)(F)C(F)(F)C(F)(F)C(F)(F)C(F)(F)C(F)(F)C(F)(F)C(F)(F)F. The highest BCUT2D eigenvalue weighted by Crippen LogP contribution is 2.64. The van der Waals surface area contributed by atoms with Crippen molar-refractivity contribution in [3.63, 3.8) is 0 Å². The highest BCUT2D eigenvalue weighted by Gasteiger charge is 2.95. The van der Waals surface area contributed by atoms with Gasteiger partial charge in [-0.2, -0.15) is 74.6 Å². The van der Waals surface area contributed by atoms with Crippen molar-refractivity contribution < 1.29 is 93.7 Å². The summed E-state index contributed by atoms with van der Waals surface area (Å²) in [5.41, 5.74) is 0. The first-order valence-electron chi connectivity index (χ1n) is 9.19. The van der Waals surface area contributed by atoms with Crippen molar-refractivity contribution in [1.82, 2.24) is 0 Å². The molecule has 0 aromatic heterocycles. The van der Waals surface area contributed by atoms with Gasteiger partial charge in [0.2, 0.25) is 0 Å². The molecular weight excluding hydrogens is 579 g/mol. The van der Waals surface area contributed by atoms with Crippen molar-refractivity contribution in [3.8, 4) is 0 Å². The molecule has 0 radical (unpaired) electrons. The summed E-state index contributed by atoms with van der Waals surface area (Å²) in [6.07, 6.45) is -18.2. The average Bonchev–Trinajstić information content (AvgIpc) is 2.69. The lowest BCUT2D eigenvalue weighted by atomic mass is 9.90. The molecule has 0 saturated carbocycles. The second kappa shape index (κ2) is 10.5. The number of hydrogen-bond acceptors (Lipinski definition) is 4. The van der Waals surface area contributed by atoms with Gasteiger partial charge in [-0.1, -0.05) is 0 Å². The summed E-state index contributed by atoms with van der Waals surface area (Å²) in [4.78, 5) is 22.2. The molecule has 0 aliphatic heterocycles. The van der Waals surface area contributed by atoms with E-state index in [4.69, 9.17) is 0 Å². The molecule has 0 atom stereocenters. The standard InChI is InChI=1S/C16H13F17O4/c1-2-36-7(34)5-3-4-6-8(35)37-16(32,33)14(27,28)12(23,24)10(19,20)9(17,18)11(21,22)13(25,26)15(29,30)31/h2-6H2,1H3. The van der Waals surface area contributed by atoms with Gasteiger partial charge in [0.15, 0.2) is 0 Å². The maximum absolute atomic E-state index is 13.6. The van der Waals surface area contributed by atoms with Crippen LogP contribution < -0.4 is 0 Å². The molecule has 37 heavy (non-hydrogen) atoms. The third-order valence-corrected chi connectivity index (χ3v) is 4.25. The lowest BCUT2D eigenvalue weighted by Gasteiger charge is -2.42. The summed E-state index contributed by atoms with van der Waals surface area (Å²) >= 11 is 0. The Morgan fingerprint density at radius 2 is 0.838 bits per heavy atom. The molecule has 0 aromatic rings. The van der Waals surface area contributed by atoms with Crippen LogP contribution in [0.2, 0.25) is 0 Å². The zero-order valence-electron chi connectivity index (χ0n) is 17.6. The van der Waals surface area contributed by atoms with E-state index in [0.29, 0.717) is 0 Å². The summed E-state index contributed by atoms with van der Waals surface area (Å²) in [5.74, 6) is -54.6. The van der Waals surface area contributed by atoms with Crippen LogP contribution >= 0.6 is 0 Å². The third kappa shape index (κ3) is 5.93. The van der Waals surface area contributed by atoms with Gasteiger partial charge in [0.05, 0.1) is 6.61 Å². The Labute approximate surface area is 194 Å². The number of hydrogen-bond donors (Lipinski definition) is 0. The van der Waals surface area contributed by atoms with Crippen molar-refractivity contribution in [3.05, 3.63) is 0 Å². The second-order valence-corrected chi connectivity index (χ2v) is 6.95. The normalized spacial score (nSPS) is 15.0. The van der Waals surface area contributed by atoms with Gasteiger partial charge >= 0.3 is 59.8 Å². The molecule has 0 aromatic carbocycles. The predicted molar refractivity (Wildman–Crippen MR) is 81.9 cm³/mol. The summed E-state index contributed by atoms with van der Waals surface area (Å²) in [5, 5.41) is 0. The number of rotatable bonds is 13. The minimum Gasteiger partial charge on any atom is -0.466 e. The fraction of sp³-hybridized carbons (Fsp3) is 0.875. The van der Waals surface area contributed by atoms with E-state index in [1.807, 2.05) is 0 Å². The average molecular weight is 592 g/mol. The molecule has 220 valence electrons. The number of carbonyl (C=O) groups is 2. The van der Waals surface area contributed by atoms with Crippen LogP contribution in [0.25, 0.3) is 0 Å². The maximum Gasteiger partial charge on any atom is 0.473 e. The summed E-state index contributed by atoms with van der Waals surface area (Å²) in [6.45, 7) is 1.23. The van der Waals surface area contributed by atoms with Crippen LogP contribution in [0.1, 0.15) is 32.6 Å². The van der Waals surface area contributed by atoms with E-state index in [-0.39, 0.29) is 6.61 Å². The van der Waals surface area contributed by atoms with Gasteiger partial charge in [0.1, 0.15) is 0 Å². The molecule has 0 fully saturated rings. The lowest BCUT2D eigenvalue weighted by molar-refractivity contribution is -0.474. The Morgan fingerprint density at radius 1 is 0.514 bits per heavy atom. The van der Waals surface area contributed by atoms with Crippen LogP contribution in [-0.2, 0) is 19.1 Å². The molecule has 0 amide bonds. The fourth-order valence-corrected chi connectivity index (χ4v) is 2.18. The Morgan fingerprint density at radius 3 is 1.19 bits per heavy atom. The predicted octanol–water partition coefficient (Wildman–Crippen LogP) is 6.62. The lowest BCUT2D eigenvalue weighted by Crippen LogP contribution is -2.74. The fourth-order valence-electron chi connectivity index (χ4n) is 2.18. The van der Waals surface area contributed by atoms with Crippen molar-refractivity contribution >= 4 is 11.9 Å². The van der Waals surface area contributed by atoms with E-state index < -0.39 is 85.4 Å². The van der Waals surface area contributed by atoms with Crippen LogP contribution in [0.15, 0.2) is 0 Å². The van der Waals surface area contributed by atoms with Gasteiger partial charge in [-0.25, -0.2) is 0 Å². The van der Waals surface area contributed by atoms with Crippen LogP contribution in [0.4, 0.5) is 74.6 Å². The number of esters is 2. The van der Waals surface area contributed by atoms with Crippen LogP contribution in [0.3, 0.4) is 0 Å². The molecule has 0 spiro atoms. The van der Waals surface area contributed by atoms with Gasteiger partial charge in [-0.05, 0) is 19.8 Å². The van der Waals surface area contributed by atoms with E-state index in [0.717, 1.165) is 0 Å². The highest BCUT2D eigenvalue weighted by molar-refractivity contribution is 5.70. The van der Waals surface area contributed by atoms with Gasteiger partial charge in [0, 0.05) is 12.8 Å². The molecule has 0 unspecified atom stereocenters. The Kier molecular flexibility index (Phi) is 9.85. The van der Waals surface area contributed by atoms with Gasteiger partial charge in [-0.3, -0.25) is 9.59 Å². The van der Waals surface area contributed by atoms with E-state index in [9.17, 15) is 84.2 Å². The number of unbranched alkanes of at least 4 members (excludes halogenated alkanes) is 1. The first-order valence-corrected chi connectivity index (χ1v) is 9.19. The molecule has 0 bridgehead atoms. The van der Waals surface area contributed by atoms with E-state index in [1.54, 1.807) is 0 Å². The monoisotopic (exact) mass is 592 g/mol. The zero-order chi connectivity index (χ0) is 30.1. The Balaban J connectivity index is 6.02. The molecule has 0 rings (SSSR count). The summed E-state index contributed by atoms with van der Waals surface area (Å²) in [6, 6.07) is 0. The van der Waals surface area contributed by atoms with Crippen molar-refractivity contribution in [2.45, 2.75) is 80.4 Å². The number of carbonyl (C=O) groups excluding carboxylic acids is 2. The second-order valence-electron chi connectivity index (χ2n) is 6.95.